The first kappa shape index (κ1) is 14.9. The molecular formula is C10H14O4S2. The molecule has 6 heteroatoms. The first-order valence-electron chi connectivity index (χ1n) is 4.49. The van der Waals surface area contributed by atoms with Crippen LogP contribution in [0.3, 0.4) is 0 Å². The van der Waals surface area contributed by atoms with Crippen LogP contribution in [0.4, 0.5) is 0 Å². The van der Waals surface area contributed by atoms with Gasteiger partial charge in [0.05, 0.1) is 11.5 Å². The van der Waals surface area contributed by atoms with Gasteiger partial charge >= 0.3 is 0 Å². The van der Waals surface area contributed by atoms with Crippen molar-refractivity contribution in [3.63, 3.8) is 0 Å². The second-order valence-electron chi connectivity index (χ2n) is 2.92. The minimum Gasteiger partial charge on any atom is -0.224 e. The molecule has 0 aromatic carbocycles. The highest BCUT2D eigenvalue weighted by molar-refractivity contribution is 7.94. The largest absolute Gasteiger partial charge is 0.224 e. The second-order valence-corrected chi connectivity index (χ2v) is 7.06. The zero-order valence-electron chi connectivity index (χ0n) is 8.85. The van der Waals surface area contributed by atoms with Crippen LogP contribution in [0.5, 0.6) is 0 Å². The third kappa shape index (κ3) is 7.26. The normalized spacial score (nSPS) is 11.2. The Balaban J connectivity index is 3.99. The van der Waals surface area contributed by atoms with Gasteiger partial charge in [-0.1, -0.05) is 13.2 Å². The van der Waals surface area contributed by atoms with Crippen LogP contribution in [0, 0.1) is 11.8 Å². The van der Waals surface area contributed by atoms with E-state index in [9.17, 15) is 16.8 Å². The van der Waals surface area contributed by atoms with Crippen LogP contribution in [0.2, 0.25) is 0 Å². The van der Waals surface area contributed by atoms with E-state index in [1.54, 1.807) is 0 Å². The summed E-state index contributed by atoms with van der Waals surface area (Å²) in [6, 6.07) is 0. The lowest BCUT2D eigenvalue weighted by molar-refractivity contribution is 0.602. The van der Waals surface area contributed by atoms with Gasteiger partial charge in [0, 0.05) is 23.7 Å². The molecule has 0 aliphatic heterocycles. The van der Waals surface area contributed by atoms with Crippen molar-refractivity contribution in [1.82, 2.24) is 0 Å². The molecule has 0 saturated carbocycles. The fourth-order valence-electron chi connectivity index (χ4n) is 0.730. The van der Waals surface area contributed by atoms with E-state index in [0.717, 1.165) is 10.8 Å². The van der Waals surface area contributed by atoms with Crippen LogP contribution < -0.4 is 0 Å². The van der Waals surface area contributed by atoms with E-state index >= 15 is 0 Å². The maximum atomic E-state index is 10.9. The summed E-state index contributed by atoms with van der Waals surface area (Å²) >= 11 is 0. The zero-order valence-corrected chi connectivity index (χ0v) is 10.5. The molecule has 0 N–H and O–H groups in total. The summed E-state index contributed by atoms with van der Waals surface area (Å²) in [5.74, 6) is 5.02. The number of hydrogen-bond acceptors (Lipinski definition) is 4. The summed E-state index contributed by atoms with van der Waals surface area (Å²) in [6.45, 7) is 6.33. The zero-order chi connectivity index (χ0) is 12.7. The molecule has 4 nitrogen and oxygen atoms in total. The minimum absolute atomic E-state index is 0.0856. The first-order chi connectivity index (χ1) is 7.33. The molecule has 0 rings (SSSR count). The third-order valence-electron chi connectivity index (χ3n) is 1.66. The molecule has 16 heavy (non-hydrogen) atoms. The summed E-state index contributed by atoms with van der Waals surface area (Å²) in [4.78, 5) is 0. The van der Waals surface area contributed by atoms with Crippen LogP contribution in [-0.4, -0.2) is 28.3 Å². The lowest BCUT2D eigenvalue weighted by atomic mass is 10.4. The van der Waals surface area contributed by atoms with Gasteiger partial charge in [0.15, 0.2) is 19.7 Å². The van der Waals surface area contributed by atoms with E-state index in [0.29, 0.717) is 0 Å². The molecule has 0 atom stereocenters. The molecule has 0 saturated heterocycles. The summed E-state index contributed by atoms with van der Waals surface area (Å²) in [7, 11) is -6.43. The molecule has 0 aromatic heterocycles. The number of hydrogen-bond donors (Lipinski definition) is 0. The van der Waals surface area contributed by atoms with Crippen molar-refractivity contribution in [2.24, 2.45) is 0 Å². The highest BCUT2D eigenvalue weighted by Crippen LogP contribution is 1.95. The van der Waals surface area contributed by atoms with E-state index in [1.807, 2.05) is 0 Å². The molecule has 0 spiro atoms. The third-order valence-corrected chi connectivity index (χ3v) is 4.22. The predicted octanol–water partition coefficient (Wildman–Crippen LogP) is 0.887. The maximum absolute atomic E-state index is 10.9. The Morgan fingerprint density at radius 3 is 1.38 bits per heavy atom. The standard InChI is InChI=1S/C10H14O4S2/c1-3-15(11,12)9-7-5-6-8-10-16(13,14)4-2/h3-4H,1-2,7-10H2. The van der Waals surface area contributed by atoms with Crippen molar-refractivity contribution in [1.29, 1.82) is 0 Å². The lowest BCUT2D eigenvalue weighted by Crippen LogP contribution is -2.01. The molecule has 0 fully saturated rings. The Morgan fingerprint density at radius 1 is 0.812 bits per heavy atom. The van der Waals surface area contributed by atoms with Crippen LogP contribution in [0.15, 0.2) is 24.0 Å². The van der Waals surface area contributed by atoms with Crippen LogP contribution in [0.25, 0.3) is 0 Å². The second kappa shape index (κ2) is 6.51. The van der Waals surface area contributed by atoms with Crippen molar-refractivity contribution in [2.45, 2.75) is 12.8 Å². The Morgan fingerprint density at radius 2 is 1.12 bits per heavy atom. The number of rotatable bonds is 6. The van der Waals surface area contributed by atoms with E-state index in [1.165, 1.54) is 0 Å². The van der Waals surface area contributed by atoms with E-state index in [-0.39, 0.29) is 24.3 Å². The van der Waals surface area contributed by atoms with Gasteiger partial charge in [0.1, 0.15) is 0 Å². The Labute approximate surface area is 96.9 Å². The molecule has 0 unspecified atom stereocenters. The molecule has 0 aliphatic carbocycles. The van der Waals surface area contributed by atoms with Gasteiger partial charge in [-0.05, 0) is 0 Å². The average Bonchev–Trinajstić information content (AvgIpc) is 2.23. The van der Waals surface area contributed by atoms with E-state index in [4.69, 9.17) is 0 Å². The fraction of sp³-hybridized carbons (Fsp3) is 0.400. The molecule has 0 amide bonds. The quantitative estimate of drug-likeness (QED) is 0.667. The number of sulfone groups is 2. The van der Waals surface area contributed by atoms with Crippen molar-refractivity contribution < 1.29 is 16.8 Å². The summed E-state index contributed by atoms with van der Waals surface area (Å²) < 4.78 is 43.8. The van der Waals surface area contributed by atoms with Gasteiger partial charge in [0.2, 0.25) is 0 Å². The van der Waals surface area contributed by atoms with Crippen LogP contribution in [-0.2, 0) is 19.7 Å². The molecule has 0 aromatic rings. The van der Waals surface area contributed by atoms with Crippen molar-refractivity contribution >= 4 is 19.7 Å². The van der Waals surface area contributed by atoms with Crippen molar-refractivity contribution in [2.75, 3.05) is 11.5 Å². The van der Waals surface area contributed by atoms with E-state index < -0.39 is 19.7 Å². The maximum Gasteiger partial charge on any atom is 0.171 e. The van der Waals surface area contributed by atoms with Gasteiger partial charge in [-0.2, -0.15) is 0 Å². The SMILES string of the molecule is C=CS(=O)(=O)CCC#CCCS(=O)(=O)C=C. The Kier molecular flexibility index (Phi) is 6.08. The monoisotopic (exact) mass is 262 g/mol. The average molecular weight is 262 g/mol. The van der Waals surface area contributed by atoms with Crippen molar-refractivity contribution in [3.8, 4) is 11.8 Å². The predicted molar refractivity (Wildman–Crippen MR) is 65.0 cm³/mol. The molecule has 0 bridgehead atoms. The Hall–Kier alpha value is -1.06. The molecular weight excluding hydrogens is 248 g/mol. The smallest absolute Gasteiger partial charge is 0.171 e. The molecule has 0 radical (unpaired) electrons. The van der Waals surface area contributed by atoms with Crippen LogP contribution >= 0.6 is 0 Å². The summed E-state index contributed by atoms with van der Waals surface area (Å²) in [5, 5.41) is 1.77. The van der Waals surface area contributed by atoms with Gasteiger partial charge in [-0.25, -0.2) is 16.8 Å². The van der Waals surface area contributed by atoms with Crippen LogP contribution in [0.1, 0.15) is 12.8 Å². The molecule has 0 heterocycles. The Bertz CT molecular complexity index is 455. The summed E-state index contributed by atoms with van der Waals surface area (Å²) in [5.41, 5.74) is 0. The minimum atomic E-state index is -3.21. The van der Waals surface area contributed by atoms with E-state index in [2.05, 4.69) is 25.0 Å². The van der Waals surface area contributed by atoms with Gasteiger partial charge in [0.25, 0.3) is 0 Å². The fourth-order valence-corrected chi connectivity index (χ4v) is 1.84. The highest BCUT2D eigenvalue weighted by atomic mass is 32.2. The summed E-state index contributed by atoms with van der Waals surface area (Å²) in [6.07, 6.45) is 0.366. The topological polar surface area (TPSA) is 68.3 Å². The first-order valence-corrected chi connectivity index (χ1v) is 7.92. The highest BCUT2D eigenvalue weighted by Gasteiger charge is 2.03. The van der Waals surface area contributed by atoms with Gasteiger partial charge in [-0.15, -0.1) is 11.8 Å². The lowest BCUT2D eigenvalue weighted by Gasteiger charge is -1.92. The van der Waals surface area contributed by atoms with Gasteiger partial charge < -0.3 is 0 Å². The molecule has 90 valence electrons. The van der Waals surface area contributed by atoms with Crippen molar-refractivity contribution in [3.05, 3.63) is 24.0 Å². The molecule has 0 aliphatic rings. The van der Waals surface area contributed by atoms with Gasteiger partial charge in [-0.3, -0.25) is 0 Å².